The van der Waals surface area contributed by atoms with Crippen molar-refractivity contribution in [3.05, 3.63) is 146 Å². The fourth-order valence-electron chi connectivity index (χ4n) is 3.99. The first-order valence-corrected chi connectivity index (χ1v) is 10.0. The zero-order chi connectivity index (χ0) is 20.3. The van der Waals surface area contributed by atoms with Crippen LogP contribution in [0.4, 0.5) is 5.69 Å². The summed E-state index contributed by atoms with van der Waals surface area (Å²) in [7, 11) is 0. The minimum atomic E-state index is -0.827. The van der Waals surface area contributed by atoms with Crippen LogP contribution in [-0.4, -0.2) is 4.92 Å². The summed E-state index contributed by atoms with van der Waals surface area (Å²) in [6.45, 7) is 0. The van der Waals surface area contributed by atoms with Crippen LogP contribution < -0.4 is 0 Å². The fourth-order valence-corrected chi connectivity index (χ4v) is 4.26. The average molecular weight is 444 g/mol. The lowest BCUT2D eigenvalue weighted by molar-refractivity contribution is -0.385. The van der Waals surface area contributed by atoms with Gasteiger partial charge in [-0.25, -0.2) is 0 Å². The maximum absolute atomic E-state index is 12.0. The van der Waals surface area contributed by atoms with Gasteiger partial charge < -0.3 is 0 Å². The number of halogens is 1. The maximum atomic E-state index is 12.0. The highest BCUT2D eigenvalue weighted by Crippen LogP contribution is 2.48. The maximum Gasteiger partial charge on any atom is 0.274 e. The Hall–Kier alpha value is -3.24. The predicted molar refractivity (Wildman–Crippen MR) is 119 cm³/mol. The molecule has 0 amide bonds. The molecule has 29 heavy (non-hydrogen) atoms. The van der Waals surface area contributed by atoms with Gasteiger partial charge >= 0.3 is 0 Å². The van der Waals surface area contributed by atoms with Crippen molar-refractivity contribution in [3.8, 4) is 0 Å². The van der Waals surface area contributed by atoms with E-state index in [9.17, 15) is 10.1 Å². The molecule has 0 aromatic heterocycles. The Morgan fingerprint density at radius 2 is 1.07 bits per heavy atom. The number of nitro groups is 1. The third-order valence-electron chi connectivity index (χ3n) is 5.20. The summed E-state index contributed by atoms with van der Waals surface area (Å²) in [6.07, 6.45) is 0. The van der Waals surface area contributed by atoms with Gasteiger partial charge in [-0.05, 0) is 28.8 Å². The Bertz CT molecular complexity index is 1090. The first-order valence-electron chi connectivity index (χ1n) is 9.25. The standard InChI is InChI=1S/C25H18BrNO2/c26-22-17-15-21(16-18-22)25(19-9-3-1-4-10-19,20-11-5-2-6-12-20)23-13-7-8-14-24(23)27(28)29/h1-18H. The van der Waals surface area contributed by atoms with E-state index in [4.69, 9.17) is 0 Å². The summed E-state index contributed by atoms with van der Waals surface area (Å²) in [6, 6.07) is 35.0. The Morgan fingerprint density at radius 3 is 1.59 bits per heavy atom. The van der Waals surface area contributed by atoms with Gasteiger partial charge in [0.25, 0.3) is 5.69 Å². The van der Waals surface area contributed by atoms with Crippen molar-refractivity contribution in [2.45, 2.75) is 5.41 Å². The molecule has 3 nitrogen and oxygen atoms in total. The summed E-state index contributed by atoms with van der Waals surface area (Å²) in [4.78, 5) is 11.7. The van der Waals surface area contributed by atoms with Crippen molar-refractivity contribution in [1.29, 1.82) is 0 Å². The number of nitro benzene ring substituents is 1. The van der Waals surface area contributed by atoms with Crippen molar-refractivity contribution in [2.75, 3.05) is 0 Å². The van der Waals surface area contributed by atoms with Gasteiger partial charge in [0.15, 0.2) is 0 Å². The van der Waals surface area contributed by atoms with Gasteiger partial charge in [-0.15, -0.1) is 0 Å². The first kappa shape index (κ1) is 19.1. The van der Waals surface area contributed by atoms with E-state index in [1.54, 1.807) is 12.1 Å². The lowest BCUT2D eigenvalue weighted by Crippen LogP contribution is -2.31. The van der Waals surface area contributed by atoms with Crippen LogP contribution in [0.25, 0.3) is 0 Å². The van der Waals surface area contributed by atoms with Crippen LogP contribution in [-0.2, 0) is 5.41 Å². The van der Waals surface area contributed by atoms with Crippen molar-refractivity contribution < 1.29 is 4.92 Å². The van der Waals surface area contributed by atoms with E-state index in [0.29, 0.717) is 5.56 Å². The number of nitrogens with zero attached hydrogens (tertiary/aromatic N) is 1. The molecule has 4 aromatic rings. The number of hydrogen-bond donors (Lipinski definition) is 0. The SMILES string of the molecule is O=[N+]([O-])c1ccccc1C(c1ccccc1)(c1ccccc1)c1ccc(Br)cc1. The van der Waals surface area contributed by atoms with E-state index in [1.807, 2.05) is 97.1 Å². The third kappa shape index (κ3) is 3.36. The van der Waals surface area contributed by atoms with Crippen LogP contribution in [0, 0.1) is 10.1 Å². The van der Waals surface area contributed by atoms with E-state index in [1.165, 1.54) is 0 Å². The van der Waals surface area contributed by atoms with Gasteiger partial charge in [0.05, 0.1) is 10.3 Å². The van der Waals surface area contributed by atoms with Gasteiger partial charge in [-0.3, -0.25) is 10.1 Å². The Balaban J connectivity index is 2.19. The van der Waals surface area contributed by atoms with Crippen LogP contribution >= 0.6 is 15.9 Å². The zero-order valence-corrected chi connectivity index (χ0v) is 17.1. The molecule has 4 rings (SSSR count). The summed E-state index contributed by atoms with van der Waals surface area (Å²) < 4.78 is 0.957. The molecular weight excluding hydrogens is 426 g/mol. The molecule has 0 fully saturated rings. The summed E-state index contributed by atoms with van der Waals surface area (Å²) in [5.41, 5.74) is 2.83. The van der Waals surface area contributed by atoms with Gasteiger partial charge in [-0.2, -0.15) is 0 Å². The predicted octanol–water partition coefficient (Wildman–Crippen LogP) is 6.74. The quantitative estimate of drug-likeness (QED) is 0.194. The third-order valence-corrected chi connectivity index (χ3v) is 5.72. The number of para-hydroxylation sites is 1. The number of hydrogen-bond acceptors (Lipinski definition) is 2. The first-order chi connectivity index (χ1) is 14.1. The van der Waals surface area contributed by atoms with Crippen molar-refractivity contribution in [1.82, 2.24) is 0 Å². The van der Waals surface area contributed by atoms with Crippen molar-refractivity contribution >= 4 is 21.6 Å². The molecule has 0 bridgehead atoms. The minimum Gasteiger partial charge on any atom is -0.258 e. The largest absolute Gasteiger partial charge is 0.274 e. The van der Waals surface area contributed by atoms with Crippen molar-refractivity contribution in [2.24, 2.45) is 0 Å². The van der Waals surface area contributed by atoms with Crippen LogP contribution in [0.5, 0.6) is 0 Å². The van der Waals surface area contributed by atoms with E-state index in [2.05, 4.69) is 15.9 Å². The highest BCUT2D eigenvalue weighted by atomic mass is 79.9. The molecule has 0 radical (unpaired) electrons. The smallest absolute Gasteiger partial charge is 0.258 e. The number of rotatable bonds is 5. The van der Waals surface area contributed by atoms with E-state index in [-0.39, 0.29) is 10.6 Å². The molecule has 0 saturated carbocycles. The van der Waals surface area contributed by atoms with E-state index >= 15 is 0 Å². The second-order valence-electron chi connectivity index (χ2n) is 6.76. The van der Waals surface area contributed by atoms with Gasteiger partial charge in [0.2, 0.25) is 0 Å². The molecule has 4 heteroatoms. The monoisotopic (exact) mass is 443 g/mol. The molecule has 0 spiro atoms. The highest BCUT2D eigenvalue weighted by Gasteiger charge is 2.42. The summed E-state index contributed by atoms with van der Waals surface area (Å²) in [5, 5.41) is 12.0. The molecule has 0 saturated heterocycles. The summed E-state index contributed by atoms with van der Waals surface area (Å²) in [5.74, 6) is 0. The van der Waals surface area contributed by atoms with E-state index < -0.39 is 5.41 Å². The van der Waals surface area contributed by atoms with Crippen LogP contribution in [0.3, 0.4) is 0 Å². The van der Waals surface area contributed by atoms with Crippen molar-refractivity contribution in [3.63, 3.8) is 0 Å². The van der Waals surface area contributed by atoms with E-state index in [0.717, 1.165) is 21.2 Å². The second-order valence-corrected chi connectivity index (χ2v) is 7.68. The Kier molecular flexibility index (Phi) is 5.28. The molecule has 0 atom stereocenters. The number of benzene rings is 4. The minimum absolute atomic E-state index is 0.100. The molecule has 142 valence electrons. The van der Waals surface area contributed by atoms with Gasteiger partial charge in [0, 0.05) is 16.1 Å². The second kappa shape index (κ2) is 8.02. The lowest BCUT2D eigenvalue weighted by Gasteiger charge is -2.36. The van der Waals surface area contributed by atoms with Crippen LogP contribution in [0.2, 0.25) is 0 Å². The molecule has 0 unspecified atom stereocenters. The fraction of sp³-hybridized carbons (Fsp3) is 0.0400. The zero-order valence-electron chi connectivity index (χ0n) is 15.5. The average Bonchev–Trinajstić information content (AvgIpc) is 2.77. The Morgan fingerprint density at radius 1 is 0.621 bits per heavy atom. The van der Waals surface area contributed by atoms with Crippen LogP contribution in [0.15, 0.2) is 114 Å². The Labute approximate surface area is 177 Å². The summed E-state index contributed by atoms with van der Waals surface area (Å²) >= 11 is 3.51. The molecule has 0 heterocycles. The van der Waals surface area contributed by atoms with Gasteiger partial charge in [-0.1, -0.05) is 107 Å². The molecule has 0 aliphatic rings. The highest BCUT2D eigenvalue weighted by molar-refractivity contribution is 9.10. The topological polar surface area (TPSA) is 43.1 Å². The normalized spacial score (nSPS) is 11.2. The molecule has 0 aliphatic heterocycles. The lowest BCUT2D eigenvalue weighted by atomic mass is 9.64. The molecular formula is C25H18BrNO2. The molecule has 4 aromatic carbocycles. The van der Waals surface area contributed by atoms with Crippen LogP contribution in [0.1, 0.15) is 22.3 Å². The molecule has 0 N–H and O–H groups in total. The van der Waals surface area contributed by atoms with Gasteiger partial charge in [0.1, 0.15) is 0 Å². The molecule has 0 aliphatic carbocycles.